The normalized spacial score (nSPS) is 17.6. The molecular weight excluding hydrogens is 204 g/mol. The Bertz CT molecular complexity index is 223. The number of nitrogens with zero attached hydrogens (tertiary/aromatic N) is 1. The lowest BCUT2D eigenvalue weighted by atomic mass is 10.1. The van der Waals surface area contributed by atoms with Crippen molar-refractivity contribution in [3.8, 4) is 0 Å². The number of hydrogen-bond donors (Lipinski definition) is 1. The van der Waals surface area contributed by atoms with Gasteiger partial charge in [-0.3, -0.25) is 4.79 Å². The zero-order valence-corrected chi connectivity index (χ0v) is 10.6. The molecule has 1 saturated carbocycles. The minimum atomic E-state index is -0.465. The zero-order valence-electron chi connectivity index (χ0n) is 10.6. The van der Waals surface area contributed by atoms with E-state index in [1.807, 2.05) is 4.90 Å². The van der Waals surface area contributed by atoms with Crippen LogP contribution in [-0.2, 0) is 9.53 Å². The van der Waals surface area contributed by atoms with Crippen molar-refractivity contribution in [2.75, 3.05) is 20.2 Å². The van der Waals surface area contributed by atoms with Crippen molar-refractivity contribution in [2.45, 2.75) is 45.3 Å². The van der Waals surface area contributed by atoms with Gasteiger partial charge in [0.05, 0.1) is 0 Å². The molecule has 1 aliphatic carbocycles. The fraction of sp³-hybridized carbons (Fsp3) is 0.917. The van der Waals surface area contributed by atoms with E-state index in [0.29, 0.717) is 12.0 Å². The van der Waals surface area contributed by atoms with Crippen LogP contribution in [-0.4, -0.2) is 43.2 Å². The number of nitrogens with two attached hydrogens (primary N) is 1. The topological polar surface area (TPSA) is 55.6 Å². The summed E-state index contributed by atoms with van der Waals surface area (Å²) in [6, 6.07) is 0.440. The van der Waals surface area contributed by atoms with Gasteiger partial charge in [-0.1, -0.05) is 13.8 Å². The van der Waals surface area contributed by atoms with Gasteiger partial charge in [0, 0.05) is 26.2 Å². The molecule has 0 saturated heterocycles. The largest absolute Gasteiger partial charge is 0.370 e. The second kappa shape index (κ2) is 6.21. The molecule has 0 aromatic rings. The van der Waals surface area contributed by atoms with Crippen LogP contribution in [0.1, 0.15) is 33.1 Å². The third kappa shape index (κ3) is 3.76. The summed E-state index contributed by atoms with van der Waals surface area (Å²) in [7, 11) is 1.54. The van der Waals surface area contributed by atoms with E-state index in [4.69, 9.17) is 10.5 Å². The average Bonchev–Trinajstić information content (AvgIpc) is 3.03. The van der Waals surface area contributed by atoms with Crippen molar-refractivity contribution in [3.63, 3.8) is 0 Å². The van der Waals surface area contributed by atoms with Crippen LogP contribution < -0.4 is 5.73 Å². The first-order chi connectivity index (χ1) is 7.60. The van der Waals surface area contributed by atoms with Gasteiger partial charge in [0.2, 0.25) is 0 Å². The Kier molecular flexibility index (Phi) is 5.22. The molecule has 1 aliphatic rings. The van der Waals surface area contributed by atoms with Gasteiger partial charge in [-0.2, -0.15) is 0 Å². The first-order valence-corrected chi connectivity index (χ1v) is 6.13. The van der Waals surface area contributed by atoms with E-state index in [-0.39, 0.29) is 12.5 Å². The maximum Gasteiger partial charge on any atom is 0.253 e. The van der Waals surface area contributed by atoms with Crippen LogP contribution in [0, 0.1) is 5.92 Å². The first-order valence-electron chi connectivity index (χ1n) is 6.13. The molecular formula is C12H24N2O2. The lowest BCUT2D eigenvalue weighted by Crippen LogP contribution is -2.45. The highest BCUT2D eigenvalue weighted by Gasteiger charge is 2.35. The molecule has 0 aromatic carbocycles. The van der Waals surface area contributed by atoms with Crippen molar-refractivity contribution in [2.24, 2.45) is 11.7 Å². The molecule has 1 fully saturated rings. The number of ether oxygens (including phenoxy) is 1. The zero-order chi connectivity index (χ0) is 12.1. The summed E-state index contributed by atoms with van der Waals surface area (Å²) in [5.74, 6) is 0.682. The molecule has 1 rings (SSSR count). The van der Waals surface area contributed by atoms with E-state index in [2.05, 4.69) is 13.8 Å². The van der Waals surface area contributed by atoms with Gasteiger partial charge in [-0.05, 0) is 25.2 Å². The van der Waals surface area contributed by atoms with Gasteiger partial charge in [-0.15, -0.1) is 0 Å². The van der Waals surface area contributed by atoms with Gasteiger partial charge in [0.15, 0.2) is 0 Å². The number of hydrogen-bond acceptors (Lipinski definition) is 3. The fourth-order valence-electron chi connectivity index (χ4n) is 1.74. The lowest BCUT2D eigenvalue weighted by molar-refractivity contribution is -0.142. The second-order valence-electron chi connectivity index (χ2n) is 4.91. The molecule has 1 amide bonds. The van der Waals surface area contributed by atoms with Crippen molar-refractivity contribution in [3.05, 3.63) is 0 Å². The Morgan fingerprint density at radius 1 is 1.50 bits per heavy atom. The summed E-state index contributed by atoms with van der Waals surface area (Å²) in [6.07, 6.45) is 2.84. The number of methoxy groups -OCH3 is 1. The third-order valence-corrected chi connectivity index (χ3v) is 2.99. The first kappa shape index (κ1) is 13.5. The molecule has 0 aliphatic heterocycles. The summed E-state index contributed by atoms with van der Waals surface area (Å²) in [4.78, 5) is 14.1. The summed E-state index contributed by atoms with van der Waals surface area (Å²) in [5.41, 5.74) is 5.53. The number of rotatable bonds is 7. The maximum absolute atomic E-state index is 12.1. The van der Waals surface area contributed by atoms with Crippen LogP contribution >= 0.6 is 0 Å². The standard InChI is InChI=1S/C12H24N2O2/c1-9(2)6-7-14(10-4-5-10)12(15)11(8-13)16-3/h9-11H,4-8,13H2,1-3H3. The minimum Gasteiger partial charge on any atom is -0.370 e. The Morgan fingerprint density at radius 2 is 2.12 bits per heavy atom. The summed E-state index contributed by atoms with van der Waals surface area (Å²) < 4.78 is 5.11. The molecule has 16 heavy (non-hydrogen) atoms. The van der Waals surface area contributed by atoms with Gasteiger partial charge < -0.3 is 15.4 Å². The van der Waals surface area contributed by atoms with Gasteiger partial charge >= 0.3 is 0 Å². The molecule has 0 aromatic heterocycles. The van der Waals surface area contributed by atoms with Crippen molar-refractivity contribution in [1.29, 1.82) is 0 Å². The lowest BCUT2D eigenvalue weighted by Gasteiger charge is -2.26. The summed E-state index contributed by atoms with van der Waals surface area (Å²) >= 11 is 0. The molecule has 1 atom stereocenters. The Morgan fingerprint density at radius 3 is 2.50 bits per heavy atom. The molecule has 1 unspecified atom stereocenters. The number of amides is 1. The predicted octanol–water partition coefficient (Wildman–Crippen LogP) is 0.997. The minimum absolute atomic E-state index is 0.0631. The van der Waals surface area contributed by atoms with Crippen LogP contribution in [0.5, 0.6) is 0 Å². The molecule has 4 heteroatoms. The van der Waals surface area contributed by atoms with Crippen molar-refractivity contribution >= 4 is 5.91 Å². The van der Waals surface area contributed by atoms with E-state index < -0.39 is 6.10 Å². The van der Waals surface area contributed by atoms with Crippen LogP contribution in [0.3, 0.4) is 0 Å². The summed E-state index contributed by atoms with van der Waals surface area (Å²) in [6.45, 7) is 5.44. The average molecular weight is 228 g/mol. The molecule has 0 spiro atoms. The predicted molar refractivity (Wildman–Crippen MR) is 64.0 cm³/mol. The molecule has 94 valence electrons. The number of carbonyl (C=O) groups excluding carboxylic acids is 1. The van der Waals surface area contributed by atoms with E-state index in [9.17, 15) is 4.79 Å². The molecule has 0 heterocycles. The van der Waals surface area contributed by atoms with Crippen molar-refractivity contribution < 1.29 is 9.53 Å². The van der Waals surface area contributed by atoms with E-state index in [1.54, 1.807) is 7.11 Å². The van der Waals surface area contributed by atoms with Crippen LogP contribution in [0.2, 0.25) is 0 Å². The molecule has 2 N–H and O–H groups in total. The van der Waals surface area contributed by atoms with Gasteiger partial charge in [0.1, 0.15) is 6.10 Å². The maximum atomic E-state index is 12.1. The molecule has 0 bridgehead atoms. The van der Waals surface area contributed by atoms with E-state index in [0.717, 1.165) is 25.8 Å². The van der Waals surface area contributed by atoms with Crippen LogP contribution in [0.25, 0.3) is 0 Å². The Labute approximate surface area is 98.1 Å². The molecule has 0 radical (unpaired) electrons. The van der Waals surface area contributed by atoms with E-state index in [1.165, 1.54) is 0 Å². The number of carbonyl (C=O) groups is 1. The van der Waals surface area contributed by atoms with E-state index >= 15 is 0 Å². The van der Waals surface area contributed by atoms with Gasteiger partial charge in [-0.25, -0.2) is 0 Å². The Hall–Kier alpha value is -0.610. The highest BCUT2D eigenvalue weighted by atomic mass is 16.5. The second-order valence-corrected chi connectivity index (χ2v) is 4.91. The third-order valence-electron chi connectivity index (χ3n) is 2.99. The quantitative estimate of drug-likeness (QED) is 0.707. The Balaban J connectivity index is 2.51. The van der Waals surface area contributed by atoms with Crippen LogP contribution in [0.15, 0.2) is 0 Å². The smallest absolute Gasteiger partial charge is 0.253 e. The molecule has 4 nitrogen and oxygen atoms in total. The summed E-state index contributed by atoms with van der Waals surface area (Å²) in [5, 5.41) is 0. The van der Waals surface area contributed by atoms with Gasteiger partial charge in [0.25, 0.3) is 5.91 Å². The highest BCUT2D eigenvalue weighted by Crippen LogP contribution is 2.28. The van der Waals surface area contributed by atoms with Crippen molar-refractivity contribution in [1.82, 2.24) is 4.90 Å². The monoisotopic (exact) mass is 228 g/mol. The SMILES string of the molecule is COC(CN)C(=O)N(CCC(C)C)C1CC1. The van der Waals surface area contributed by atoms with Crippen LogP contribution in [0.4, 0.5) is 0 Å². The fourth-order valence-corrected chi connectivity index (χ4v) is 1.74. The highest BCUT2D eigenvalue weighted by molar-refractivity contribution is 5.81.